The molecule has 0 atom stereocenters. The first-order chi connectivity index (χ1) is 7.49. The van der Waals surface area contributed by atoms with Gasteiger partial charge in [0, 0.05) is 12.6 Å². The number of aromatic nitrogens is 2. The summed E-state index contributed by atoms with van der Waals surface area (Å²) in [6.45, 7) is 4.32. The second-order valence-electron chi connectivity index (χ2n) is 3.67. The van der Waals surface area contributed by atoms with Crippen LogP contribution in [0.5, 0.6) is 0 Å². The number of hydrogen-bond donors (Lipinski definition) is 2. The number of halogens is 1. The third-order valence-electron chi connectivity index (χ3n) is 1.96. The summed E-state index contributed by atoms with van der Waals surface area (Å²) in [5, 5.41) is 11.6. The van der Waals surface area contributed by atoms with Crippen LogP contribution in [0, 0.1) is 0 Å². The van der Waals surface area contributed by atoms with Gasteiger partial charge in [-0.05, 0) is 17.5 Å². The number of carbonyl (C=O) groups is 1. The van der Waals surface area contributed by atoms with E-state index in [4.69, 9.17) is 16.7 Å². The summed E-state index contributed by atoms with van der Waals surface area (Å²) < 4.78 is 0. The zero-order valence-electron chi connectivity index (χ0n) is 9.20. The predicted octanol–water partition coefficient (Wildman–Crippen LogP) is 2.14. The summed E-state index contributed by atoms with van der Waals surface area (Å²) in [6.07, 6.45) is 0.0403. The molecule has 0 bridgehead atoms. The fourth-order valence-corrected chi connectivity index (χ4v) is 1.31. The minimum atomic E-state index is -0.850. The highest BCUT2D eigenvalue weighted by atomic mass is 35.5. The predicted molar refractivity (Wildman–Crippen MR) is 61.9 cm³/mol. The summed E-state index contributed by atoms with van der Waals surface area (Å²) in [4.78, 5) is 18.4. The van der Waals surface area contributed by atoms with E-state index < -0.39 is 5.97 Å². The molecule has 0 saturated heterocycles. The first-order valence-corrected chi connectivity index (χ1v) is 5.37. The Bertz CT molecular complexity index is 382. The van der Waals surface area contributed by atoms with Gasteiger partial charge in [0.1, 0.15) is 5.82 Å². The number of carboxylic acid groups (broad SMARTS) is 1. The number of aliphatic carboxylic acids is 1. The Balaban J connectivity index is 2.69. The molecule has 0 saturated carbocycles. The second-order valence-corrected chi connectivity index (χ2v) is 4.01. The van der Waals surface area contributed by atoms with Gasteiger partial charge in [0.15, 0.2) is 0 Å². The molecule has 0 amide bonds. The molecule has 1 aromatic rings. The summed E-state index contributed by atoms with van der Waals surface area (Å²) in [5.74, 6) is -0.0396. The maximum absolute atomic E-state index is 10.3. The maximum Gasteiger partial charge on any atom is 0.305 e. The van der Waals surface area contributed by atoms with Crippen LogP contribution in [0.1, 0.15) is 31.9 Å². The lowest BCUT2D eigenvalue weighted by Gasteiger charge is -2.08. The van der Waals surface area contributed by atoms with Gasteiger partial charge in [-0.25, -0.2) is 9.97 Å². The van der Waals surface area contributed by atoms with Gasteiger partial charge < -0.3 is 10.4 Å². The molecular weight excluding hydrogens is 230 g/mol. The number of nitrogens with zero attached hydrogens (tertiary/aromatic N) is 2. The molecule has 6 heteroatoms. The van der Waals surface area contributed by atoms with E-state index in [0.717, 1.165) is 5.69 Å². The summed E-state index contributed by atoms with van der Waals surface area (Å²) in [6, 6.07) is 1.78. The van der Waals surface area contributed by atoms with Crippen molar-refractivity contribution in [1.82, 2.24) is 9.97 Å². The minimum Gasteiger partial charge on any atom is -0.481 e. The number of anilines is 1. The first kappa shape index (κ1) is 12.7. The summed E-state index contributed by atoms with van der Waals surface area (Å²) in [7, 11) is 0. The number of nitrogens with one attached hydrogen (secondary N) is 1. The molecule has 1 heterocycles. The lowest BCUT2D eigenvalue weighted by atomic mass is 10.1. The average molecular weight is 244 g/mol. The molecule has 5 nitrogen and oxygen atoms in total. The van der Waals surface area contributed by atoms with Crippen LogP contribution in [0.15, 0.2) is 6.07 Å². The third kappa shape index (κ3) is 4.02. The van der Waals surface area contributed by atoms with Gasteiger partial charge in [0.25, 0.3) is 0 Å². The van der Waals surface area contributed by atoms with Crippen molar-refractivity contribution in [2.24, 2.45) is 0 Å². The van der Waals surface area contributed by atoms with Crippen molar-refractivity contribution in [2.45, 2.75) is 26.2 Å². The average Bonchev–Trinajstić information content (AvgIpc) is 2.16. The van der Waals surface area contributed by atoms with E-state index in [2.05, 4.69) is 15.3 Å². The summed E-state index contributed by atoms with van der Waals surface area (Å²) >= 11 is 5.76. The Morgan fingerprint density at radius 1 is 1.56 bits per heavy atom. The zero-order valence-corrected chi connectivity index (χ0v) is 9.95. The third-order valence-corrected chi connectivity index (χ3v) is 2.12. The topological polar surface area (TPSA) is 75.1 Å². The quantitative estimate of drug-likeness (QED) is 0.775. The van der Waals surface area contributed by atoms with Gasteiger partial charge in [0.05, 0.1) is 12.1 Å². The molecule has 88 valence electrons. The van der Waals surface area contributed by atoms with Crippen LogP contribution in [-0.4, -0.2) is 27.6 Å². The molecule has 0 aliphatic rings. The SMILES string of the molecule is CC(C)c1cc(NCCC(=O)O)nc(Cl)n1. The van der Waals surface area contributed by atoms with E-state index in [0.29, 0.717) is 12.4 Å². The van der Waals surface area contributed by atoms with Crippen LogP contribution >= 0.6 is 11.6 Å². The second kappa shape index (κ2) is 5.65. The van der Waals surface area contributed by atoms with Crippen LogP contribution in [0.2, 0.25) is 5.28 Å². The van der Waals surface area contributed by atoms with Gasteiger partial charge in [-0.1, -0.05) is 13.8 Å². The van der Waals surface area contributed by atoms with Crippen molar-refractivity contribution in [3.63, 3.8) is 0 Å². The van der Waals surface area contributed by atoms with Crippen LogP contribution in [0.3, 0.4) is 0 Å². The van der Waals surface area contributed by atoms with Crippen LogP contribution in [-0.2, 0) is 4.79 Å². The molecular formula is C10H14ClN3O2. The monoisotopic (exact) mass is 243 g/mol. The Morgan fingerprint density at radius 3 is 2.81 bits per heavy atom. The highest BCUT2D eigenvalue weighted by molar-refractivity contribution is 6.28. The molecule has 0 aliphatic carbocycles. The van der Waals surface area contributed by atoms with Crippen LogP contribution < -0.4 is 5.32 Å². The van der Waals surface area contributed by atoms with Crippen LogP contribution in [0.25, 0.3) is 0 Å². The normalized spacial score (nSPS) is 10.5. The molecule has 0 spiro atoms. The highest BCUT2D eigenvalue weighted by Gasteiger charge is 2.06. The van der Waals surface area contributed by atoms with Gasteiger partial charge in [-0.3, -0.25) is 4.79 Å². The van der Waals surface area contributed by atoms with Crippen molar-refractivity contribution in [3.05, 3.63) is 17.0 Å². The summed E-state index contributed by atoms with van der Waals surface area (Å²) in [5.41, 5.74) is 0.831. The molecule has 0 aliphatic heterocycles. The highest BCUT2D eigenvalue weighted by Crippen LogP contribution is 2.17. The molecule has 2 N–H and O–H groups in total. The number of carboxylic acids is 1. The van der Waals surface area contributed by atoms with E-state index in [1.165, 1.54) is 0 Å². The number of hydrogen-bond acceptors (Lipinski definition) is 4. The standard InChI is InChI=1S/C10H14ClN3O2/c1-6(2)7-5-8(14-10(11)13-7)12-4-3-9(15)16/h5-6H,3-4H2,1-2H3,(H,15,16)(H,12,13,14). The molecule has 1 aromatic heterocycles. The van der Waals surface area contributed by atoms with Crippen molar-refractivity contribution in [2.75, 3.05) is 11.9 Å². The molecule has 0 unspecified atom stereocenters. The van der Waals surface area contributed by atoms with E-state index >= 15 is 0 Å². The first-order valence-electron chi connectivity index (χ1n) is 4.99. The fourth-order valence-electron chi connectivity index (χ4n) is 1.12. The maximum atomic E-state index is 10.3. The Labute approximate surface area is 98.9 Å². The molecule has 0 aromatic carbocycles. The van der Waals surface area contributed by atoms with E-state index in [9.17, 15) is 4.79 Å². The Morgan fingerprint density at radius 2 is 2.25 bits per heavy atom. The van der Waals surface area contributed by atoms with E-state index in [1.54, 1.807) is 6.07 Å². The van der Waals surface area contributed by atoms with Crippen molar-refractivity contribution in [3.8, 4) is 0 Å². The Kier molecular flexibility index (Phi) is 4.49. The molecule has 16 heavy (non-hydrogen) atoms. The largest absolute Gasteiger partial charge is 0.481 e. The van der Waals surface area contributed by atoms with Crippen molar-refractivity contribution in [1.29, 1.82) is 0 Å². The van der Waals surface area contributed by atoms with Gasteiger partial charge >= 0.3 is 5.97 Å². The lowest BCUT2D eigenvalue weighted by molar-refractivity contribution is -0.136. The smallest absolute Gasteiger partial charge is 0.305 e. The zero-order chi connectivity index (χ0) is 12.1. The van der Waals surface area contributed by atoms with Crippen molar-refractivity contribution >= 4 is 23.4 Å². The lowest BCUT2D eigenvalue weighted by Crippen LogP contribution is -2.09. The minimum absolute atomic E-state index is 0.0403. The fraction of sp³-hybridized carbons (Fsp3) is 0.500. The number of rotatable bonds is 5. The molecule has 0 fully saturated rings. The van der Waals surface area contributed by atoms with Gasteiger partial charge in [-0.2, -0.15) is 0 Å². The van der Waals surface area contributed by atoms with Crippen molar-refractivity contribution < 1.29 is 9.90 Å². The van der Waals surface area contributed by atoms with Gasteiger partial charge in [0.2, 0.25) is 5.28 Å². The van der Waals surface area contributed by atoms with E-state index in [-0.39, 0.29) is 17.6 Å². The Hall–Kier alpha value is -1.36. The van der Waals surface area contributed by atoms with Crippen LogP contribution in [0.4, 0.5) is 5.82 Å². The van der Waals surface area contributed by atoms with Gasteiger partial charge in [-0.15, -0.1) is 0 Å². The van der Waals surface area contributed by atoms with E-state index in [1.807, 2.05) is 13.8 Å². The molecule has 0 radical (unpaired) electrons. The molecule has 1 rings (SSSR count).